The van der Waals surface area contributed by atoms with Crippen molar-refractivity contribution >= 4 is 5.97 Å². The first-order valence-corrected chi connectivity index (χ1v) is 9.24. The van der Waals surface area contributed by atoms with E-state index >= 15 is 0 Å². The van der Waals surface area contributed by atoms with Crippen LogP contribution in [0.3, 0.4) is 0 Å². The molecule has 4 aliphatic rings. The van der Waals surface area contributed by atoms with Gasteiger partial charge in [-0.05, 0) is 0 Å². The summed E-state index contributed by atoms with van der Waals surface area (Å²) in [5.74, 6) is -1.83. The van der Waals surface area contributed by atoms with E-state index in [1.165, 1.54) is 13.4 Å². The summed E-state index contributed by atoms with van der Waals surface area (Å²) in [4.78, 5) is 12.1. The molecular weight excluding hydrogens is 396 g/mol. The molecule has 3 saturated heterocycles. The number of carbonyl (C=O) groups is 1. The highest BCUT2D eigenvalue weighted by molar-refractivity contribution is 5.88. The molecule has 2 bridgehead atoms. The van der Waals surface area contributed by atoms with Gasteiger partial charge in [-0.15, -0.1) is 0 Å². The number of aliphatic hydroxyl groups is 5. The van der Waals surface area contributed by atoms with E-state index in [4.69, 9.17) is 28.4 Å². The molecule has 0 unspecified atom stereocenters. The van der Waals surface area contributed by atoms with Crippen LogP contribution in [0.25, 0.3) is 0 Å². The van der Waals surface area contributed by atoms with Gasteiger partial charge in [-0.3, -0.25) is 0 Å². The Morgan fingerprint density at radius 3 is 2.55 bits per heavy atom. The fourth-order valence-corrected chi connectivity index (χ4v) is 4.24. The van der Waals surface area contributed by atoms with E-state index in [2.05, 4.69) is 0 Å². The number of carbonyl (C=O) groups excluding carboxylic acids is 1. The van der Waals surface area contributed by atoms with Gasteiger partial charge in [0.25, 0.3) is 0 Å². The van der Waals surface area contributed by atoms with Gasteiger partial charge in [0, 0.05) is 12.3 Å². The van der Waals surface area contributed by atoms with Gasteiger partial charge in [-0.1, -0.05) is 0 Å². The monoisotopic (exact) mass is 420 g/mol. The summed E-state index contributed by atoms with van der Waals surface area (Å²) in [7, 11) is 1.23. The molecule has 3 fully saturated rings. The van der Waals surface area contributed by atoms with E-state index < -0.39 is 80.1 Å². The summed E-state index contributed by atoms with van der Waals surface area (Å²) in [5, 5.41) is 49.6. The number of methoxy groups -OCH3 is 1. The predicted octanol–water partition coefficient (Wildman–Crippen LogP) is -3.09. The number of aliphatic hydroxyl groups excluding tert-OH is 5. The van der Waals surface area contributed by atoms with Crippen LogP contribution < -0.4 is 0 Å². The van der Waals surface area contributed by atoms with Crippen LogP contribution in [0.1, 0.15) is 6.42 Å². The van der Waals surface area contributed by atoms with Gasteiger partial charge in [0.1, 0.15) is 30.5 Å². The molecule has 0 aromatic heterocycles. The Bertz CT molecular complexity index is 652. The number of ether oxygens (including phenoxy) is 6. The van der Waals surface area contributed by atoms with Crippen LogP contribution in [-0.2, 0) is 33.2 Å². The fraction of sp³-hybridized carbons (Fsp3) is 0.824. The third-order valence-electron chi connectivity index (χ3n) is 5.75. The Morgan fingerprint density at radius 1 is 1.10 bits per heavy atom. The van der Waals surface area contributed by atoms with E-state index in [1.807, 2.05) is 0 Å². The fourth-order valence-electron chi connectivity index (χ4n) is 4.24. The number of rotatable bonds is 4. The first-order valence-electron chi connectivity index (χ1n) is 9.24. The van der Waals surface area contributed by atoms with Crippen molar-refractivity contribution in [1.82, 2.24) is 0 Å². The molecule has 4 rings (SSSR count). The van der Waals surface area contributed by atoms with E-state index in [0.717, 1.165) is 0 Å². The molecule has 29 heavy (non-hydrogen) atoms. The van der Waals surface area contributed by atoms with Crippen molar-refractivity contribution in [1.29, 1.82) is 0 Å². The second-order valence-corrected chi connectivity index (χ2v) is 7.38. The van der Waals surface area contributed by atoms with Gasteiger partial charge in [-0.2, -0.15) is 0 Å². The highest BCUT2D eigenvalue weighted by Crippen LogP contribution is 2.47. The average molecular weight is 420 g/mol. The van der Waals surface area contributed by atoms with Crippen molar-refractivity contribution in [2.75, 3.05) is 13.7 Å². The number of hydrogen-bond acceptors (Lipinski definition) is 12. The minimum Gasteiger partial charge on any atom is -0.471 e. The molecule has 11 atom stereocenters. The molecule has 0 aliphatic carbocycles. The van der Waals surface area contributed by atoms with Crippen LogP contribution in [0.2, 0.25) is 0 Å². The topological polar surface area (TPSA) is 174 Å². The van der Waals surface area contributed by atoms with Crippen molar-refractivity contribution < 1.29 is 58.7 Å². The Balaban J connectivity index is 1.58. The zero-order valence-corrected chi connectivity index (χ0v) is 15.4. The minimum absolute atomic E-state index is 0.224. The molecule has 0 amide bonds. The summed E-state index contributed by atoms with van der Waals surface area (Å²) in [6, 6.07) is 0. The Labute approximate surface area is 165 Å². The molecular formula is C17H24O12. The van der Waals surface area contributed by atoms with E-state index in [9.17, 15) is 30.3 Å². The normalized spacial score (nSPS) is 49.0. The maximum absolute atomic E-state index is 12.1. The van der Waals surface area contributed by atoms with Gasteiger partial charge in [0.05, 0.1) is 31.5 Å². The summed E-state index contributed by atoms with van der Waals surface area (Å²) in [6.07, 6.45) is -10.0. The lowest BCUT2D eigenvalue weighted by Crippen LogP contribution is -2.61. The van der Waals surface area contributed by atoms with Crippen molar-refractivity contribution in [3.8, 4) is 0 Å². The van der Waals surface area contributed by atoms with Crippen LogP contribution in [0.15, 0.2) is 11.8 Å². The standard InChI is InChI=1S/C17H24O12/c1-24-14(22)6-4-25-16(9-5(6)2-8-27-13(9)15(23)28-8)29-17-12(21)11(20)10(19)7(3-18)26-17/h4-5,7-13,15-21,23H,2-3H2,1H3/t5-,7-,8+,9+,10-,11+,12-,13+,15+,16+,17+/m1/s1. The molecule has 4 heterocycles. The molecule has 12 nitrogen and oxygen atoms in total. The maximum atomic E-state index is 12.1. The van der Waals surface area contributed by atoms with Crippen molar-refractivity contribution in [3.05, 3.63) is 11.8 Å². The first-order chi connectivity index (χ1) is 13.8. The lowest BCUT2D eigenvalue weighted by Gasteiger charge is -2.45. The smallest absolute Gasteiger partial charge is 0.337 e. The Hall–Kier alpha value is -1.35. The van der Waals surface area contributed by atoms with Gasteiger partial charge in [-0.25, -0.2) is 4.79 Å². The zero-order valence-electron chi connectivity index (χ0n) is 15.4. The van der Waals surface area contributed by atoms with E-state index in [-0.39, 0.29) is 12.0 Å². The number of esters is 1. The maximum Gasteiger partial charge on any atom is 0.337 e. The van der Waals surface area contributed by atoms with Crippen LogP contribution in [0, 0.1) is 11.8 Å². The van der Waals surface area contributed by atoms with Crippen LogP contribution in [0.4, 0.5) is 0 Å². The van der Waals surface area contributed by atoms with Gasteiger partial charge >= 0.3 is 5.97 Å². The number of fused-ring (bicyclic) bond motifs is 4. The molecule has 0 aromatic rings. The summed E-state index contributed by atoms with van der Waals surface area (Å²) in [6.45, 7) is -0.616. The molecule has 5 N–H and O–H groups in total. The van der Waals surface area contributed by atoms with Crippen LogP contribution >= 0.6 is 0 Å². The first kappa shape index (κ1) is 20.9. The largest absolute Gasteiger partial charge is 0.471 e. The van der Waals surface area contributed by atoms with Crippen LogP contribution in [0.5, 0.6) is 0 Å². The average Bonchev–Trinajstić information content (AvgIpc) is 3.01. The molecule has 0 aromatic carbocycles. The van der Waals surface area contributed by atoms with E-state index in [0.29, 0.717) is 0 Å². The zero-order chi connectivity index (χ0) is 20.9. The van der Waals surface area contributed by atoms with Gasteiger partial charge in [0.15, 0.2) is 18.9 Å². The van der Waals surface area contributed by atoms with Crippen molar-refractivity contribution in [2.24, 2.45) is 11.8 Å². The lowest BCUT2D eigenvalue weighted by atomic mass is 9.77. The summed E-state index contributed by atoms with van der Waals surface area (Å²) in [5.41, 5.74) is 0.224. The Kier molecular flexibility index (Phi) is 5.81. The van der Waals surface area contributed by atoms with E-state index in [1.54, 1.807) is 0 Å². The molecule has 0 spiro atoms. The molecule has 0 saturated carbocycles. The molecule has 12 heteroatoms. The van der Waals surface area contributed by atoms with Gasteiger partial charge in [0.2, 0.25) is 6.29 Å². The Morgan fingerprint density at radius 2 is 1.86 bits per heavy atom. The van der Waals surface area contributed by atoms with Crippen molar-refractivity contribution in [2.45, 2.75) is 62.1 Å². The second-order valence-electron chi connectivity index (χ2n) is 7.38. The third kappa shape index (κ3) is 3.54. The lowest BCUT2D eigenvalue weighted by molar-refractivity contribution is -0.348. The molecule has 4 aliphatic heterocycles. The SMILES string of the molecule is COC(=O)C1=CO[C@@H](O[C@@H]2O[C@H](CO)[C@@H](O)[C@H](O)[C@H]2O)[C@@H]2[C@@H]3O[C@H](C[C@H]12)O[C@@H]3O. The highest BCUT2D eigenvalue weighted by atomic mass is 16.8. The summed E-state index contributed by atoms with van der Waals surface area (Å²) >= 11 is 0. The second kappa shape index (κ2) is 8.06. The molecule has 0 radical (unpaired) electrons. The predicted molar refractivity (Wildman–Crippen MR) is 87.2 cm³/mol. The van der Waals surface area contributed by atoms with Crippen LogP contribution in [-0.4, -0.2) is 101 Å². The molecule has 164 valence electrons. The number of hydrogen-bond donors (Lipinski definition) is 5. The third-order valence-corrected chi connectivity index (χ3v) is 5.75. The quantitative estimate of drug-likeness (QED) is 0.291. The van der Waals surface area contributed by atoms with Gasteiger partial charge < -0.3 is 54.0 Å². The highest BCUT2D eigenvalue weighted by Gasteiger charge is 2.57. The summed E-state index contributed by atoms with van der Waals surface area (Å²) < 4.78 is 32.3. The van der Waals surface area contributed by atoms with Crippen molar-refractivity contribution in [3.63, 3.8) is 0 Å². The minimum atomic E-state index is -1.64.